The molecule has 2 unspecified atom stereocenters. The first-order valence-electron chi connectivity index (χ1n) is 13.1. The molecule has 4 rings (SSSR count). The number of allylic oxidation sites excluding steroid dienone is 1. The topological polar surface area (TPSA) is 87.8 Å². The molecule has 0 fully saturated rings. The molecule has 2 aliphatic rings. The number of rotatable bonds is 6. The first-order chi connectivity index (χ1) is 18.6. The van der Waals surface area contributed by atoms with Crippen molar-refractivity contribution in [2.45, 2.75) is 46.3 Å². The molecule has 8 nitrogen and oxygen atoms in total. The van der Waals surface area contributed by atoms with E-state index in [4.69, 9.17) is 10.6 Å². The van der Waals surface area contributed by atoms with Crippen LogP contribution in [0, 0.1) is 6.92 Å². The Morgan fingerprint density at radius 3 is 2.69 bits per heavy atom. The van der Waals surface area contributed by atoms with Crippen LogP contribution in [0.25, 0.3) is 11.6 Å². The summed E-state index contributed by atoms with van der Waals surface area (Å²) in [5, 5.41) is 1.56. The number of nitrogens with two attached hydrogens (primary N) is 1. The standard InChI is InChI=1S/C30H37FN6O2/c1-19(17-25-20(2)33-13-9-28(25)37-16-12-26(32)29(31)22(4)39-37)21(3)36-14-10-23(11-15-36)27-8-7-24(18-34-27)30(38)35(5)6/h7-10,12-13,16-18,21-22H,11,14-15,32H2,1-6H3/b19-17+. The van der Waals surface area contributed by atoms with E-state index in [0.717, 1.165) is 42.1 Å². The molecule has 2 aromatic heterocycles. The fourth-order valence-corrected chi connectivity index (χ4v) is 4.66. The molecular weight excluding hydrogens is 495 g/mol. The van der Waals surface area contributed by atoms with Crippen LogP contribution in [-0.4, -0.2) is 65.0 Å². The van der Waals surface area contributed by atoms with E-state index in [2.05, 4.69) is 40.9 Å². The van der Waals surface area contributed by atoms with Crippen LogP contribution in [0.1, 0.15) is 54.5 Å². The Morgan fingerprint density at radius 2 is 2.05 bits per heavy atom. The summed E-state index contributed by atoms with van der Waals surface area (Å²) in [6.45, 7) is 9.57. The molecule has 0 spiro atoms. The van der Waals surface area contributed by atoms with Crippen molar-refractivity contribution in [1.29, 1.82) is 0 Å². The van der Waals surface area contributed by atoms with Crippen LogP contribution in [0.3, 0.4) is 0 Å². The summed E-state index contributed by atoms with van der Waals surface area (Å²) in [5.41, 5.74) is 12.2. The van der Waals surface area contributed by atoms with Gasteiger partial charge in [-0.3, -0.25) is 24.5 Å². The summed E-state index contributed by atoms with van der Waals surface area (Å²) in [5.74, 6) is -0.547. The molecule has 2 atom stereocenters. The highest BCUT2D eigenvalue weighted by Crippen LogP contribution is 2.31. The first-order valence-corrected chi connectivity index (χ1v) is 13.1. The van der Waals surface area contributed by atoms with Crippen LogP contribution in [0.15, 0.2) is 66.0 Å². The molecule has 39 heavy (non-hydrogen) atoms. The van der Waals surface area contributed by atoms with Gasteiger partial charge in [0.2, 0.25) is 0 Å². The minimum absolute atomic E-state index is 0.0538. The van der Waals surface area contributed by atoms with Gasteiger partial charge in [-0.15, -0.1) is 0 Å². The SMILES string of the molecule is C/C(=C\c1c(N2C=CC(N)=C(F)C(C)O2)ccnc1C)C(C)N1CC=C(c2ccc(C(=O)N(C)C)cn2)CC1. The van der Waals surface area contributed by atoms with Crippen molar-refractivity contribution in [3.8, 4) is 0 Å². The smallest absolute Gasteiger partial charge is 0.254 e. The zero-order chi connectivity index (χ0) is 28.3. The second-order valence-corrected chi connectivity index (χ2v) is 10.2. The van der Waals surface area contributed by atoms with Crippen molar-refractivity contribution in [3.63, 3.8) is 0 Å². The minimum atomic E-state index is -0.807. The Morgan fingerprint density at radius 1 is 1.28 bits per heavy atom. The third kappa shape index (κ3) is 6.26. The van der Waals surface area contributed by atoms with E-state index in [-0.39, 0.29) is 17.6 Å². The average Bonchev–Trinajstić information content (AvgIpc) is 3.06. The number of aryl methyl sites for hydroxylation is 1. The summed E-state index contributed by atoms with van der Waals surface area (Å²) in [7, 11) is 3.47. The molecule has 0 bridgehead atoms. The highest BCUT2D eigenvalue weighted by Gasteiger charge is 2.23. The third-order valence-corrected chi connectivity index (χ3v) is 7.26. The average molecular weight is 533 g/mol. The fourth-order valence-electron chi connectivity index (χ4n) is 4.66. The maximum Gasteiger partial charge on any atom is 0.254 e. The monoisotopic (exact) mass is 532 g/mol. The lowest BCUT2D eigenvalue weighted by Crippen LogP contribution is -2.37. The number of carbonyl (C=O) groups is 1. The number of hydrogen-bond donors (Lipinski definition) is 1. The van der Waals surface area contributed by atoms with Crippen molar-refractivity contribution < 1.29 is 14.0 Å². The summed E-state index contributed by atoms with van der Waals surface area (Å²) >= 11 is 0. The van der Waals surface area contributed by atoms with Gasteiger partial charge in [-0.05, 0) is 64.0 Å². The molecular formula is C30H37FN6O2. The maximum atomic E-state index is 14.3. The van der Waals surface area contributed by atoms with Crippen LogP contribution >= 0.6 is 0 Å². The fraction of sp³-hybridized carbons (Fsp3) is 0.367. The number of halogens is 1. The highest BCUT2D eigenvalue weighted by molar-refractivity contribution is 5.93. The largest absolute Gasteiger partial charge is 0.397 e. The molecule has 0 radical (unpaired) electrons. The first kappa shape index (κ1) is 28.2. The van der Waals surface area contributed by atoms with E-state index < -0.39 is 11.9 Å². The number of aromatic nitrogens is 2. The second kappa shape index (κ2) is 11.9. The number of carbonyl (C=O) groups excluding carboxylic acids is 1. The van der Waals surface area contributed by atoms with Gasteiger partial charge in [0.05, 0.1) is 22.6 Å². The van der Waals surface area contributed by atoms with Gasteiger partial charge in [0.15, 0.2) is 5.83 Å². The van der Waals surface area contributed by atoms with Crippen LogP contribution < -0.4 is 10.8 Å². The van der Waals surface area contributed by atoms with E-state index in [1.165, 1.54) is 17.2 Å². The van der Waals surface area contributed by atoms with Gasteiger partial charge in [0.1, 0.15) is 6.10 Å². The zero-order valence-corrected chi connectivity index (χ0v) is 23.5. The van der Waals surface area contributed by atoms with Gasteiger partial charge in [0, 0.05) is 63.1 Å². The Balaban J connectivity index is 1.50. The maximum absolute atomic E-state index is 14.3. The predicted octanol–water partition coefficient (Wildman–Crippen LogP) is 4.86. The summed E-state index contributed by atoms with van der Waals surface area (Å²) in [6.07, 6.45) is 10.9. The van der Waals surface area contributed by atoms with Gasteiger partial charge in [-0.25, -0.2) is 9.45 Å². The summed E-state index contributed by atoms with van der Waals surface area (Å²) < 4.78 is 14.3. The molecule has 0 saturated heterocycles. The van der Waals surface area contributed by atoms with Crippen LogP contribution in [0.2, 0.25) is 0 Å². The number of pyridine rings is 2. The van der Waals surface area contributed by atoms with Crippen LogP contribution in [0.5, 0.6) is 0 Å². The van der Waals surface area contributed by atoms with Gasteiger partial charge >= 0.3 is 0 Å². The highest BCUT2D eigenvalue weighted by atomic mass is 19.1. The summed E-state index contributed by atoms with van der Waals surface area (Å²) in [4.78, 5) is 31.0. The number of amides is 1. The van der Waals surface area contributed by atoms with E-state index in [1.54, 1.807) is 49.6 Å². The van der Waals surface area contributed by atoms with E-state index >= 15 is 0 Å². The normalized spacial score (nSPS) is 19.6. The molecule has 0 saturated carbocycles. The van der Waals surface area contributed by atoms with E-state index in [0.29, 0.717) is 5.56 Å². The number of hydroxylamine groups is 1. The van der Waals surface area contributed by atoms with Crippen molar-refractivity contribution in [2.75, 3.05) is 32.2 Å². The van der Waals surface area contributed by atoms with Gasteiger partial charge in [-0.2, -0.15) is 0 Å². The Labute approximate surface area is 229 Å². The molecule has 2 aliphatic heterocycles. The van der Waals surface area contributed by atoms with Crippen molar-refractivity contribution >= 4 is 23.2 Å². The van der Waals surface area contributed by atoms with Crippen molar-refractivity contribution in [3.05, 3.63) is 88.6 Å². The Hall–Kier alpha value is -3.82. The lowest BCUT2D eigenvalue weighted by atomic mass is 9.99. The van der Waals surface area contributed by atoms with Gasteiger partial charge in [-0.1, -0.05) is 17.7 Å². The molecule has 2 N–H and O–H groups in total. The lowest BCUT2D eigenvalue weighted by molar-refractivity contribution is 0.0736. The van der Waals surface area contributed by atoms with Crippen molar-refractivity contribution in [2.24, 2.45) is 5.73 Å². The molecule has 1 amide bonds. The molecule has 4 heterocycles. The third-order valence-electron chi connectivity index (χ3n) is 7.26. The second-order valence-electron chi connectivity index (χ2n) is 10.2. The van der Waals surface area contributed by atoms with Gasteiger partial charge < -0.3 is 10.6 Å². The van der Waals surface area contributed by atoms with Crippen LogP contribution in [-0.2, 0) is 4.84 Å². The molecule has 2 aromatic rings. The zero-order valence-electron chi connectivity index (χ0n) is 23.5. The number of hydrogen-bond acceptors (Lipinski definition) is 7. The van der Waals surface area contributed by atoms with E-state index in [9.17, 15) is 9.18 Å². The molecule has 9 heteroatoms. The Kier molecular flexibility index (Phi) is 8.62. The summed E-state index contributed by atoms with van der Waals surface area (Å²) in [6, 6.07) is 5.80. The van der Waals surface area contributed by atoms with Gasteiger partial charge in [0.25, 0.3) is 5.91 Å². The minimum Gasteiger partial charge on any atom is -0.397 e. The molecule has 0 aliphatic carbocycles. The Bertz CT molecular complexity index is 1350. The van der Waals surface area contributed by atoms with Crippen LogP contribution in [0.4, 0.5) is 10.1 Å². The quantitative estimate of drug-likeness (QED) is 0.568. The number of anilines is 1. The van der Waals surface area contributed by atoms with E-state index in [1.807, 2.05) is 25.1 Å². The molecule has 0 aromatic carbocycles. The predicted molar refractivity (Wildman–Crippen MR) is 153 cm³/mol. The number of nitrogens with zero attached hydrogens (tertiary/aromatic N) is 5. The molecule has 206 valence electrons. The lowest BCUT2D eigenvalue weighted by Gasteiger charge is -2.32. The van der Waals surface area contributed by atoms with Crippen molar-refractivity contribution in [1.82, 2.24) is 19.8 Å².